The lowest BCUT2D eigenvalue weighted by atomic mass is 10.0. The van der Waals surface area contributed by atoms with Crippen molar-refractivity contribution < 1.29 is 9.59 Å². The van der Waals surface area contributed by atoms with Crippen LogP contribution in [0.5, 0.6) is 0 Å². The van der Waals surface area contributed by atoms with Gasteiger partial charge < -0.3 is 0 Å². The first kappa shape index (κ1) is 13.3. The average Bonchev–Trinajstić information content (AvgIpc) is 2.61. The van der Waals surface area contributed by atoms with E-state index in [2.05, 4.69) is 0 Å². The molecule has 1 fully saturated rings. The number of nitriles is 1. The first-order valence-electron chi connectivity index (χ1n) is 6.27. The SMILES string of the molecule is Cc1cc(C)c(N2C(=O)CC(CC#N)C2=O)cc1C. The van der Waals surface area contributed by atoms with Crippen LogP contribution in [0.3, 0.4) is 0 Å². The normalized spacial score (nSPS) is 18.8. The summed E-state index contributed by atoms with van der Waals surface area (Å²) >= 11 is 0. The fourth-order valence-electron chi connectivity index (χ4n) is 2.40. The maximum Gasteiger partial charge on any atom is 0.238 e. The lowest BCUT2D eigenvalue weighted by Crippen LogP contribution is -2.31. The number of nitrogens with zero attached hydrogens (tertiary/aromatic N) is 2. The molecule has 2 amide bonds. The molecule has 1 aromatic rings. The molecule has 0 aliphatic carbocycles. The van der Waals surface area contributed by atoms with Crippen molar-refractivity contribution in [3.63, 3.8) is 0 Å². The van der Waals surface area contributed by atoms with Crippen molar-refractivity contribution in [2.75, 3.05) is 4.90 Å². The van der Waals surface area contributed by atoms with Gasteiger partial charge in [0.25, 0.3) is 0 Å². The molecule has 0 N–H and O–H groups in total. The van der Waals surface area contributed by atoms with Gasteiger partial charge in [-0.15, -0.1) is 0 Å². The van der Waals surface area contributed by atoms with E-state index in [4.69, 9.17) is 5.26 Å². The molecule has 1 heterocycles. The van der Waals surface area contributed by atoms with E-state index in [0.29, 0.717) is 5.69 Å². The first-order chi connectivity index (χ1) is 8.95. The monoisotopic (exact) mass is 256 g/mol. The third kappa shape index (κ3) is 2.24. The number of anilines is 1. The number of imide groups is 1. The molecule has 0 spiro atoms. The summed E-state index contributed by atoms with van der Waals surface area (Å²) in [4.78, 5) is 25.5. The minimum atomic E-state index is -0.487. The van der Waals surface area contributed by atoms with Crippen molar-refractivity contribution in [3.8, 4) is 6.07 Å². The summed E-state index contributed by atoms with van der Waals surface area (Å²) in [5.74, 6) is -0.951. The summed E-state index contributed by atoms with van der Waals surface area (Å²) < 4.78 is 0. The Morgan fingerprint density at radius 3 is 2.47 bits per heavy atom. The minimum Gasteiger partial charge on any atom is -0.274 e. The highest BCUT2D eigenvalue weighted by Gasteiger charge is 2.39. The molecule has 1 unspecified atom stereocenters. The Balaban J connectivity index is 2.43. The van der Waals surface area contributed by atoms with E-state index in [1.807, 2.05) is 39.0 Å². The van der Waals surface area contributed by atoms with Crippen LogP contribution in [0.2, 0.25) is 0 Å². The zero-order chi connectivity index (χ0) is 14.2. The molecule has 1 aliphatic heterocycles. The third-order valence-corrected chi connectivity index (χ3v) is 3.63. The molecule has 2 rings (SSSR count). The van der Waals surface area contributed by atoms with Gasteiger partial charge in [-0.3, -0.25) is 9.59 Å². The maximum atomic E-state index is 12.2. The summed E-state index contributed by atoms with van der Waals surface area (Å²) in [5.41, 5.74) is 3.74. The fraction of sp³-hybridized carbons (Fsp3) is 0.400. The van der Waals surface area contributed by atoms with Crippen molar-refractivity contribution in [2.45, 2.75) is 33.6 Å². The Hall–Kier alpha value is -2.15. The summed E-state index contributed by atoms with van der Waals surface area (Å²) in [5, 5.41) is 8.69. The highest BCUT2D eigenvalue weighted by atomic mass is 16.2. The molecule has 1 aliphatic rings. The largest absolute Gasteiger partial charge is 0.274 e. The molecule has 0 bridgehead atoms. The van der Waals surface area contributed by atoms with Gasteiger partial charge >= 0.3 is 0 Å². The Morgan fingerprint density at radius 2 is 1.84 bits per heavy atom. The van der Waals surface area contributed by atoms with Crippen molar-refractivity contribution in [1.29, 1.82) is 5.26 Å². The Labute approximate surface area is 112 Å². The van der Waals surface area contributed by atoms with E-state index in [-0.39, 0.29) is 24.7 Å². The van der Waals surface area contributed by atoms with E-state index in [9.17, 15) is 9.59 Å². The van der Waals surface area contributed by atoms with E-state index in [0.717, 1.165) is 16.7 Å². The molecule has 0 saturated carbocycles. The zero-order valence-corrected chi connectivity index (χ0v) is 11.4. The predicted octanol–water partition coefficient (Wildman–Crippen LogP) is 2.41. The van der Waals surface area contributed by atoms with Crippen LogP contribution in [-0.4, -0.2) is 11.8 Å². The second kappa shape index (κ2) is 4.85. The number of carbonyl (C=O) groups excluding carboxylic acids is 2. The van der Waals surface area contributed by atoms with Gasteiger partial charge in [0.2, 0.25) is 11.8 Å². The molecular formula is C15H16N2O2. The molecule has 0 radical (unpaired) electrons. The van der Waals surface area contributed by atoms with E-state index < -0.39 is 5.92 Å². The number of hydrogen-bond acceptors (Lipinski definition) is 3. The summed E-state index contributed by atoms with van der Waals surface area (Å²) in [6.45, 7) is 5.84. The van der Waals surface area contributed by atoms with Crippen LogP contribution in [-0.2, 0) is 9.59 Å². The fourth-order valence-corrected chi connectivity index (χ4v) is 2.40. The first-order valence-corrected chi connectivity index (χ1v) is 6.27. The lowest BCUT2D eigenvalue weighted by Gasteiger charge is -2.19. The third-order valence-electron chi connectivity index (χ3n) is 3.63. The second-order valence-corrected chi connectivity index (χ2v) is 5.05. The average molecular weight is 256 g/mol. The molecule has 1 saturated heterocycles. The van der Waals surface area contributed by atoms with Crippen LogP contribution < -0.4 is 4.90 Å². The zero-order valence-electron chi connectivity index (χ0n) is 11.4. The van der Waals surface area contributed by atoms with Gasteiger partial charge in [-0.2, -0.15) is 5.26 Å². The van der Waals surface area contributed by atoms with Crippen LogP contribution in [0.15, 0.2) is 12.1 Å². The Bertz CT molecular complexity index is 599. The minimum absolute atomic E-state index is 0.102. The molecule has 1 atom stereocenters. The van der Waals surface area contributed by atoms with Crippen molar-refractivity contribution in [2.24, 2.45) is 5.92 Å². The topological polar surface area (TPSA) is 61.2 Å². The van der Waals surface area contributed by atoms with Crippen molar-refractivity contribution in [3.05, 3.63) is 28.8 Å². The molecule has 98 valence electrons. The predicted molar refractivity (Wildman–Crippen MR) is 71.5 cm³/mol. The smallest absolute Gasteiger partial charge is 0.238 e. The highest BCUT2D eigenvalue weighted by molar-refractivity contribution is 6.21. The molecule has 1 aromatic carbocycles. The van der Waals surface area contributed by atoms with Crippen molar-refractivity contribution >= 4 is 17.5 Å². The van der Waals surface area contributed by atoms with Crippen LogP contribution >= 0.6 is 0 Å². The van der Waals surface area contributed by atoms with E-state index in [1.165, 1.54) is 4.90 Å². The number of amides is 2. The van der Waals surface area contributed by atoms with Crippen molar-refractivity contribution in [1.82, 2.24) is 0 Å². The number of benzene rings is 1. The number of carbonyl (C=O) groups is 2. The molecular weight excluding hydrogens is 240 g/mol. The second-order valence-electron chi connectivity index (χ2n) is 5.05. The standard InChI is InChI=1S/C15H16N2O2/c1-9-6-11(3)13(7-10(9)2)17-14(18)8-12(4-5-16)15(17)19/h6-7,12H,4,8H2,1-3H3. The maximum absolute atomic E-state index is 12.2. The van der Waals surface area contributed by atoms with Gasteiger partial charge in [-0.05, 0) is 43.5 Å². The Kier molecular flexibility index (Phi) is 3.39. The Morgan fingerprint density at radius 1 is 1.21 bits per heavy atom. The number of rotatable bonds is 2. The van der Waals surface area contributed by atoms with Gasteiger partial charge in [-0.1, -0.05) is 6.07 Å². The van der Waals surface area contributed by atoms with Crippen LogP contribution in [0, 0.1) is 38.0 Å². The van der Waals surface area contributed by atoms with Gasteiger partial charge in [0.1, 0.15) is 0 Å². The van der Waals surface area contributed by atoms with Gasteiger partial charge in [0.15, 0.2) is 0 Å². The van der Waals surface area contributed by atoms with Gasteiger partial charge in [-0.25, -0.2) is 4.90 Å². The quantitative estimate of drug-likeness (QED) is 0.763. The van der Waals surface area contributed by atoms with E-state index >= 15 is 0 Å². The molecule has 19 heavy (non-hydrogen) atoms. The molecule has 0 aromatic heterocycles. The lowest BCUT2D eigenvalue weighted by molar-refractivity contribution is -0.122. The number of aryl methyl sites for hydroxylation is 3. The summed E-state index contributed by atoms with van der Waals surface area (Å²) in [7, 11) is 0. The molecule has 4 nitrogen and oxygen atoms in total. The summed E-state index contributed by atoms with van der Waals surface area (Å²) in [6, 6.07) is 5.81. The summed E-state index contributed by atoms with van der Waals surface area (Å²) in [6.07, 6.45) is 0.240. The molecule has 4 heteroatoms. The van der Waals surface area contributed by atoms with Crippen LogP contribution in [0.25, 0.3) is 0 Å². The van der Waals surface area contributed by atoms with Crippen LogP contribution in [0.1, 0.15) is 29.5 Å². The van der Waals surface area contributed by atoms with Gasteiger partial charge in [0.05, 0.1) is 17.7 Å². The van der Waals surface area contributed by atoms with E-state index in [1.54, 1.807) is 0 Å². The van der Waals surface area contributed by atoms with Gasteiger partial charge in [0, 0.05) is 12.8 Å². The van der Waals surface area contributed by atoms with Crippen LogP contribution in [0.4, 0.5) is 5.69 Å². The highest BCUT2D eigenvalue weighted by Crippen LogP contribution is 2.31. The number of hydrogen-bond donors (Lipinski definition) is 0.